The van der Waals surface area contributed by atoms with Crippen molar-refractivity contribution in [2.24, 2.45) is 5.92 Å². The molecule has 6 nitrogen and oxygen atoms in total. The molecule has 0 fully saturated rings. The molecule has 0 spiro atoms. The third-order valence-electron chi connectivity index (χ3n) is 3.93. The summed E-state index contributed by atoms with van der Waals surface area (Å²) in [6.45, 7) is 1.88. The van der Waals surface area contributed by atoms with Crippen molar-refractivity contribution in [3.05, 3.63) is 76.9 Å². The van der Waals surface area contributed by atoms with Crippen LogP contribution in [-0.4, -0.2) is 28.1 Å². The molecule has 0 aromatic heterocycles. The number of carbonyl (C=O) groups excluding carboxylic acids is 1. The first kappa shape index (κ1) is 19.9. The summed E-state index contributed by atoms with van der Waals surface area (Å²) >= 11 is 0. The van der Waals surface area contributed by atoms with Crippen LogP contribution in [0.25, 0.3) is 6.08 Å². The smallest absolute Gasteiger partial charge is 0.332 e. The number of carbonyl (C=O) groups is 3. The van der Waals surface area contributed by atoms with Gasteiger partial charge in [-0.05, 0) is 24.1 Å². The largest absolute Gasteiger partial charge is 0.481 e. The summed E-state index contributed by atoms with van der Waals surface area (Å²) in [5.41, 5.74) is 1.92. The van der Waals surface area contributed by atoms with E-state index in [0.717, 1.165) is 11.1 Å². The molecule has 0 aliphatic rings. The van der Waals surface area contributed by atoms with E-state index in [0.29, 0.717) is 5.56 Å². The zero-order valence-electron chi connectivity index (χ0n) is 14.8. The van der Waals surface area contributed by atoms with Crippen molar-refractivity contribution in [3.63, 3.8) is 0 Å². The van der Waals surface area contributed by atoms with Crippen molar-refractivity contribution >= 4 is 24.0 Å². The number of carboxylic acid groups (broad SMARTS) is 2. The third-order valence-corrected chi connectivity index (χ3v) is 3.93. The molecule has 2 aromatic rings. The van der Waals surface area contributed by atoms with Gasteiger partial charge in [-0.15, -0.1) is 0 Å². The minimum atomic E-state index is -1.51. The minimum Gasteiger partial charge on any atom is -0.481 e. The maximum atomic E-state index is 12.0. The van der Waals surface area contributed by atoms with Gasteiger partial charge in [-0.25, -0.2) is 4.79 Å². The van der Waals surface area contributed by atoms with E-state index >= 15 is 0 Å². The lowest BCUT2D eigenvalue weighted by atomic mass is 9.93. The van der Waals surface area contributed by atoms with Crippen LogP contribution in [0.3, 0.4) is 0 Å². The van der Waals surface area contributed by atoms with Gasteiger partial charge in [0.2, 0.25) is 0 Å². The molecule has 27 heavy (non-hydrogen) atoms. The Morgan fingerprint density at radius 2 is 1.63 bits per heavy atom. The number of rotatable bonds is 8. The van der Waals surface area contributed by atoms with E-state index < -0.39 is 30.2 Å². The quantitative estimate of drug-likeness (QED) is 0.548. The molecule has 0 heterocycles. The number of benzene rings is 2. The monoisotopic (exact) mass is 368 g/mol. The van der Waals surface area contributed by atoms with E-state index in [2.05, 4.69) is 0 Å². The second-order valence-corrected chi connectivity index (χ2v) is 6.06. The Hall–Kier alpha value is -3.41. The Labute approximate surface area is 156 Å². The van der Waals surface area contributed by atoms with Gasteiger partial charge in [-0.1, -0.05) is 60.2 Å². The third kappa shape index (κ3) is 6.11. The zero-order valence-corrected chi connectivity index (χ0v) is 14.8. The molecule has 6 heteroatoms. The Balaban J connectivity index is 2.14. The van der Waals surface area contributed by atoms with E-state index in [4.69, 9.17) is 4.74 Å². The van der Waals surface area contributed by atoms with Gasteiger partial charge in [0, 0.05) is 0 Å². The predicted octanol–water partition coefficient (Wildman–Crippen LogP) is 3.30. The highest BCUT2D eigenvalue weighted by Crippen LogP contribution is 2.21. The number of hydrogen-bond acceptors (Lipinski definition) is 4. The van der Waals surface area contributed by atoms with E-state index in [1.807, 2.05) is 13.0 Å². The van der Waals surface area contributed by atoms with E-state index in [1.165, 1.54) is 6.08 Å². The van der Waals surface area contributed by atoms with Gasteiger partial charge in [-0.2, -0.15) is 0 Å². The van der Waals surface area contributed by atoms with Crippen molar-refractivity contribution in [2.45, 2.75) is 20.0 Å². The first-order valence-corrected chi connectivity index (χ1v) is 8.30. The van der Waals surface area contributed by atoms with Crippen LogP contribution >= 0.6 is 0 Å². The number of carboxylic acids is 2. The number of ether oxygens (including phenoxy) is 1. The van der Waals surface area contributed by atoms with Gasteiger partial charge in [0.15, 0.2) is 0 Å². The first-order valence-electron chi connectivity index (χ1n) is 8.30. The summed E-state index contributed by atoms with van der Waals surface area (Å²) in [5, 5.41) is 18.9. The van der Waals surface area contributed by atoms with Gasteiger partial charge >= 0.3 is 17.9 Å². The van der Waals surface area contributed by atoms with Crippen LogP contribution in [0.5, 0.6) is 0 Å². The van der Waals surface area contributed by atoms with Crippen molar-refractivity contribution in [1.82, 2.24) is 0 Å². The number of hydrogen-bond donors (Lipinski definition) is 2. The van der Waals surface area contributed by atoms with Gasteiger partial charge in [0.05, 0.1) is 17.9 Å². The lowest BCUT2D eigenvalue weighted by Gasteiger charge is -2.13. The van der Waals surface area contributed by atoms with E-state index in [1.54, 1.807) is 48.5 Å². The van der Waals surface area contributed by atoms with Crippen molar-refractivity contribution in [3.8, 4) is 0 Å². The molecule has 1 unspecified atom stereocenters. The molecule has 0 saturated heterocycles. The molecule has 0 radical (unpaired) electrons. The highest BCUT2D eigenvalue weighted by molar-refractivity contribution is 5.99. The molecule has 0 bridgehead atoms. The van der Waals surface area contributed by atoms with Crippen LogP contribution in [0.1, 0.15) is 23.1 Å². The molecule has 2 N–H and O–H groups in total. The highest BCUT2D eigenvalue weighted by Gasteiger charge is 2.30. The molecule has 0 aliphatic heterocycles. The average molecular weight is 368 g/mol. The van der Waals surface area contributed by atoms with Crippen LogP contribution in [0.15, 0.2) is 60.2 Å². The summed E-state index contributed by atoms with van der Waals surface area (Å²) in [6.07, 6.45) is 0.706. The minimum absolute atomic E-state index is 0.00388. The molecule has 0 amide bonds. The topological polar surface area (TPSA) is 101 Å². The zero-order chi connectivity index (χ0) is 19.8. The van der Waals surface area contributed by atoms with Crippen LogP contribution in [-0.2, 0) is 25.7 Å². The fraction of sp³-hybridized carbons (Fsp3) is 0.190. The maximum absolute atomic E-state index is 12.0. The second-order valence-electron chi connectivity index (χ2n) is 6.06. The Kier molecular flexibility index (Phi) is 6.88. The molecule has 2 rings (SSSR count). The second kappa shape index (κ2) is 9.33. The van der Waals surface area contributed by atoms with Gasteiger partial charge in [-0.3, -0.25) is 9.59 Å². The molecule has 140 valence electrons. The normalized spacial score (nSPS) is 12.3. The molecule has 0 aliphatic carbocycles. The standard InChI is InChI=1S/C21H20O6/c1-14-7-9-15(10-8-14)11-17(20(23)24)18(21(25)26)12-19(22)27-13-16-5-3-2-4-6-16/h2-11,18H,12-13H2,1H3,(H,23,24)(H,25,26). The summed E-state index contributed by atoms with van der Waals surface area (Å²) < 4.78 is 5.08. The average Bonchev–Trinajstić information content (AvgIpc) is 2.64. The molecular formula is C21H20O6. The van der Waals surface area contributed by atoms with Gasteiger partial charge in [0.1, 0.15) is 6.61 Å². The molecule has 1 atom stereocenters. The van der Waals surface area contributed by atoms with Crippen molar-refractivity contribution < 1.29 is 29.3 Å². The van der Waals surface area contributed by atoms with E-state index in [-0.39, 0.29) is 12.2 Å². The molecule has 0 saturated carbocycles. The molecular weight excluding hydrogens is 348 g/mol. The Morgan fingerprint density at radius 1 is 1.00 bits per heavy atom. The Bertz CT molecular complexity index is 837. The molecule has 2 aromatic carbocycles. The predicted molar refractivity (Wildman–Crippen MR) is 98.8 cm³/mol. The van der Waals surface area contributed by atoms with Crippen molar-refractivity contribution in [1.29, 1.82) is 0 Å². The van der Waals surface area contributed by atoms with Crippen LogP contribution < -0.4 is 0 Å². The summed E-state index contributed by atoms with van der Waals surface area (Å²) in [5.74, 6) is -5.07. The lowest BCUT2D eigenvalue weighted by molar-refractivity contribution is -0.152. The lowest BCUT2D eigenvalue weighted by Crippen LogP contribution is -2.25. The summed E-state index contributed by atoms with van der Waals surface area (Å²) in [6, 6.07) is 15.9. The van der Waals surface area contributed by atoms with Crippen LogP contribution in [0.2, 0.25) is 0 Å². The van der Waals surface area contributed by atoms with Gasteiger partial charge in [0.25, 0.3) is 0 Å². The van der Waals surface area contributed by atoms with Gasteiger partial charge < -0.3 is 14.9 Å². The summed E-state index contributed by atoms with van der Waals surface area (Å²) in [7, 11) is 0. The highest BCUT2D eigenvalue weighted by atomic mass is 16.5. The van der Waals surface area contributed by atoms with Crippen LogP contribution in [0, 0.1) is 12.8 Å². The van der Waals surface area contributed by atoms with E-state index in [9.17, 15) is 24.6 Å². The van der Waals surface area contributed by atoms with Crippen molar-refractivity contribution in [2.75, 3.05) is 0 Å². The SMILES string of the molecule is Cc1ccc(C=C(C(=O)O)C(CC(=O)OCc2ccccc2)C(=O)O)cc1. The summed E-state index contributed by atoms with van der Waals surface area (Å²) in [4.78, 5) is 35.2. The van der Waals surface area contributed by atoms with Crippen LogP contribution in [0.4, 0.5) is 0 Å². The maximum Gasteiger partial charge on any atom is 0.332 e. The fourth-order valence-electron chi connectivity index (χ4n) is 2.45. The number of esters is 1. The number of aliphatic carboxylic acids is 2. The fourth-order valence-corrected chi connectivity index (χ4v) is 2.45. The first-order chi connectivity index (χ1) is 12.9. The Morgan fingerprint density at radius 3 is 2.19 bits per heavy atom. The number of aryl methyl sites for hydroxylation is 1.